The van der Waals surface area contributed by atoms with Gasteiger partial charge in [-0.3, -0.25) is 9.29 Å². The van der Waals surface area contributed by atoms with Gasteiger partial charge in [0, 0.05) is 29.8 Å². The van der Waals surface area contributed by atoms with Gasteiger partial charge in [0.1, 0.15) is 29.5 Å². The highest BCUT2D eigenvalue weighted by Gasteiger charge is 2.16. The van der Waals surface area contributed by atoms with E-state index in [2.05, 4.69) is 25.0 Å². The molecule has 0 saturated heterocycles. The number of nitrogens with one attached hydrogen (secondary N) is 2. The highest BCUT2D eigenvalue weighted by molar-refractivity contribution is 7.92. The van der Waals surface area contributed by atoms with Gasteiger partial charge in [0.05, 0.1) is 11.5 Å². The van der Waals surface area contributed by atoms with Crippen LogP contribution in [0.15, 0.2) is 72.1 Å². The fourth-order valence-electron chi connectivity index (χ4n) is 3.26. The van der Waals surface area contributed by atoms with Crippen LogP contribution in [-0.2, 0) is 10.0 Å². The van der Waals surface area contributed by atoms with E-state index in [4.69, 9.17) is 4.74 Å². The first kappa shape index (κ1) is 22.3. The molecule has 0 radical (unpaired) electrons. The van der Waals surface area contributed by atoms with E-state index in [1.807, 2.05) is 31.5 Å². The number of benzene rings is 2. The molecule has 2 N–H and O–H groups in total. The number of ether oxygens (including phenoxy) is 1. The quantitative estimate of drug-likeness (QED) is 0.401. The third kappa shape index (κ3) is 5.12. The summed E-state index contributed by atoms with van der Waals surface area (Å²) in [4.78, 5) is 12.9. The lowest BCUT2D eigenvalue weighted by Crippen LogP contribution is -2.13. The predicted octanol–water partition coefficient (Wildman–Crippen LogP) is 4.22. The van der Waals surface area contributed by atoms with Crippen LogP contribution in [-0.4, -0.2) is 34.5 Å². The zero-order valence-corrected chi connectivity index (χ0v) is 19.3. The van der Waals surface area contributed by atoms with Gasteiger partial charge < -0.3 is 10.1 Å². The topological polar surface area (TPSA) is 111 Å². The summed E-state index contributed by atoms with van der Waals surface area (Å²) >= 11 is 0. The monoisotopic (exact) mass is 464 g/mol. The maximum atomic E-state index is 12.8. The third-order valence-electron chi connectivity index (χ3n) is 4.89. The molecule has 2 aromatic carbocycles. The number of nitrogens with zero attached hydrogens (tertiary/aromatic N) is 4. The summed E-state index contributed by atoms with van der Waals surface area (Å²) in [5.74, 6) is 2.78. The van der Waals surface area contributed by atoms with Gasteiger partial charge in [0.25, 0.3) is 10.0 Å². The van der Waals surface area contributed by atoms with Crippen molar-refractivity contribution in [2.45, 2.75) is 25.7 Å². The molecule has 2 heterocycles. The minimum Gasteiger partial charge on any atom is -0.494 e. The Morgan fingerprint density at radius 3 is 2.39 bits per heavy atom. The molecule has 4 aromatic rings. The van der Waals surface area contributed by atoms with Crippen LogP contribution in [0.25, 0.3) is 5.82 Å². The standard InChI is InChI=1S/C23H24N6O3S/c1-4-32-21-10-9-20(13-16(21)2)33(30,31)28-19-7-5-18(6-8-19)27-22-14-23(26-15-25-22)29-12-11-24-17(29)3/h5-15,28H,4H2,1-3H3,(H,25,26,27). The van der Waals surface area contributed by atoms with E-state index in [1.54, 1.807) is 48.7 Å². The van der Waals surface area contributed by atoms with E-state index in [9.17, 15) is 8.42 Å². The Morgan fingerprint density at radius 2 is 1.73 bits per heavy atom. The van der Waals surface area contributed by atoms with Crippen molar-refractivity contribution in [1.29, 1.82) is 0 Å². The van der Waals surface area contributed by atoms with Crippen LogP contribution in [0.4, 0.5) is 17.2 Å². The normalized spacial score (nSPS) is 11.2. The number of sulfonamides is 1. The first-order chi connectivity index (χ1) is 15.9. The third-order valence-corrected chi connectivity index (χ3v) is 6.27. The van der Waals surface area contributed by atoms with Gasteiger partial charge in [-0.2, -0.15) is 0 Å². The van der Waals surface area contributed by atoms with Crippen LogP contribution in [0.1, 0.15) is 18.3 Å². The predicted molar refractivity (Wildman–Crippen MR) is 127 cm³/mol. The second-order valence-electron chi connectivity index (χ2n) is 7.27. The van der Waals surface area contributed by atoms with Crippen molar-refractivity contribution in [2.75, 3.05) is 16.6 Å². The summed E-state index contributed by atoms with van der Waals surface area (Å²) < 4.78 is 35.5. The minimum absolute atomic E-state index is 0.175. The van der Waals surface area contributed by atoms with Gasteiger partial charge in [-0.1, -0.05) is 0 Å². The van der Waals surface area contributed by atoms with E-state index in [1.165, 1.54) is 12.4 Å². The largest absolute Gasteiger partial charge is 0.494 e. The Bertz CT molecular complexity index is 1370. The summed E-state index contributed by atoms with van der Waals surface area (Å²) in [5, 5.41) is 3.20. The number of hydrogen-bond acceptors (Lipinski definition) is 7. The summed E-state index contributed by atoms with van der Waals surface area (Å²) in [6.07, 6.45) is 5.01. The van der Waals surface area contributed by atoms with Crippen molar-refractivity contribution in [3.63, 3.8) is 0 Å². The Kier molecular flexibility index (Phi) is 6.27. The van der Waals surface area contributed by atoms with Crippen LogP contribution in [0.5, 0.6) is 5.75 Å². The molecular weight excluding hydrogens is 440 g/mol. The second-order valence-corrected chi connectivity index (χ2v) is 8.96. The summed E-state index contributed by atoms with van der Waals surface area (Å²) in [7, 11) is -3.73. The van der Waals surface area contributed by atoms with Crippen molar-refractivity contribution in [3.8, 4) is 11.6 Å². The first-order valence-corrected chi connectivity index (χ1v) is 11.8. The number of aryl methyl sites for hydroxylation is 2. The van der Waals surface area contributed by atoms with Crippen molar-refractivity contribution in [2.24, 2.45) is 0 Å². The molecule has 0 aliphatic carbocycles. The second kappa shape index (κ2) is 9.29. The molecule has 170 valence electrons. The van der Waals surface area contributed by atoms with Crippen LogP contribution in [0.2, 0.25) is 0 Å². The number of anilines is 3. The lowest BCUT2D eigenvalue weighted by atomic mass is 10.2. The molecular formula is C23H24N6O3S. The molecule has 0 fully saturated rings. The lowest BCUT2D eigenvalue weighted by Gasteiger charge is -2.12. The molecule has 4 rings (SSSR count). The van der Waals surface area contributed by atoms with Crippen molar-refractivity contribution >= 4 is 27.2 Å². The number of aromatic nitrogens is 4. The summed E-state index contributed by atoms with van der Waals surface area (Å²) in [6, 6.07) is 13.5. The summed E-state index contributed by atoms with van der Waals surface area (Å²) in [5.41, 5.74) is 1.96. The lowest BCUT2D eigenvalue weighted by molar-refractivity contribution is 0.337. The highest BCUT2D eigenvalue weighted by Crippen LogP contribution is 2.25. The Labute approximate surface area is 192 Å². The van der Waals surface area contributed by atoms with Crippen molar-refractivity contribution in [1.82, 2.24) is 19.5 Å². The van der Waals surface area contributed by atoms with E-state index >= 15 is 0 Å². The highest BCUT2D eigenvalue weighted by atomic mass is 32.2. The maximum absolute atomic E-state index is 12.8. The number of hydrogen-bond donors (Lipinski definition) is 2. The minimum atomic E-state index is -3.73. The van der Waals surface area contributed by atoms with Crippen LogP contribution in [0.3, 0.4) is 0 Å². The van der Waals surface area contributed by atoms with E-state index in [0.29, 0.717) is 29.7 Å². The number of imidazole rings is 1. The van der Waals surface area contributed by atoms with E-state index in [-0.39, 0.29) is 4.90 Å². The van der Waals surface area contributed by atoms with Crippen LogP contribution < -0.4 is 14.8 Å². The average molecular weight is 465 g/mol. The molecule has 9 nitrogen and oxygen atoms in total. The van der Waals surface area contributed by atoms with E-state index < -0.39 is 10.0 Å². The zero-order chi connectivity index (χ0) is 23.4. The first-order valence-electron chi connectivity index (χ1n) is 10.3. The van der Waals surface area contributed by atoms with Gasteiger partial charge in [-0.05, 0) is 68.8 Å². The van der Waals surface area contributed by atoms with Gasteiger partial charge in [0.15, 0.2) is 0 Å². The maximum Gasteiger partial charge on any atom is 0.261 e. The molecule has 0 spiro atoms. The zero-order valence-electron chi connectivity index (χ0n) is 18.5. The number of rotatable bonds is 8. The van der Waals surface area contributed by atoms with Crippen molar-refractivity contribution < 1.29 is 13.2 Å². The smallest absolute Gasteiger partial charge is 0.261 e. The Balaban J connectivity index is 1.47. The average Bonchev–Trinajstić information content (AvgIpc) is 3.22. The Hall–Kier alpha value is -3.92. The fourth-order valence-corrected chi connectivity index (χ4v) is 4.40. The Morgan fingerprint density at radius 1 is 0.970 bits per heavy atom. The van der Waals surface area contributed by atoms with Gasteiger partial charge in [-0.15, -0.1) is 0 Å². The van der Waals surface area contributed by atoms with Gasteiger partial charge >= 0.3 is 0 Å². The molecule has 2 aromatic heterocycles. The van der Waals surface area contributed by atoms with E-state index in [0.717, 1.165) is 17.1 Å². The van der Waals surface area contributed by atoms with Crippen LogP contribution in [0, 0.1) is 13.8 Å². The summed E-state index contributed by atoms with van der Waals surface area (Å²) in [6.45, 7) is 6.11. The fraction of sp³-hybridized carbons (Fsp3) is 0.174. The molecule has 0 bridgehead atoms. The van der Waals surface area contributed by atoms with Crippen molar-refractivity contribution in [3.05, 3.63) is 78.6 Å². The molecule has 0 aliphatic heterocycles. The molecule has 0 aliphatic rings. The molecule has 0 unspecified atom stereocenters. The molecule has 0 saturated carbocycles. The van der Waals surface area contributed by atoms with Gasteiger partial charge in [-0.25, -0.2) is 23.4 Å². The molecule has 33 heavy (non-hydrogen) atoms. The molecule has 0 amide bonds. The molecule has 10 heteroatoms. The van der Waals surface area contributed by atoms with Crippen LogP contribution >= 0.6 is 0 Å². The van der Waals surface area contributed by atoms with Gasteiger partial charge in [0.2, 0.25) is 0 Å². The SMILES string of the molecule is CCOc1ccc(S(=O)(=O)Nc2ccc(Nc3cc(-n4ccnc4C)ncn3)cc2)cc1C. The molecule has 0 atom stereocenters.